The highest BCUT2D eigenvalue weighted by molar-refractivity contribution is 6.07. The summed E-state index contributed by atoms with van der Waals surface area (Å²) in [6.45, 7) is 10.7. The number of carbonyl (C=O) groups excluding carboxylic acids is 2. The molecule has 166 valence electrons. The molecule has 1 N–H and O–H groups in total. The van der Waals surface area contributed by atoms with E-state index in [1.165, 1.54) is 10.5 Å². The minimum atomic E-state index is -1.07. The van der Waals surface area contributed by atoms with Crippen LogP contribution in [0.25, 0.3) is 0 Å². The molecule has 0 aromatic heterocycles. The number of imide groups is 1. The molecule has 0 bridgehead atoms. The zero-order valence-electron chi connectivity index (χ0n) is 19.2. The SMILES string of the molecule is CCC1(c2ccc(OC)c(C)c2)NC(=O)N(CCOc2ccc(C(C)(C)C)cc2)C1=O. The second-order valence-electron chi connectivity index (χ2n) is 8.95. The molecule has 0 saturated carbocycles. The third kappa shape index (κ3) is 4.38. The third-order valence-corrected chi connectivity index (χ3v) is 5.90. The molecule has 6 nitrogen and oxygen atoms in total. The Morgan fingerprint density at radius 1 is 1.06 bits per heavy atom. The Kier molecular flexibility index (Phi) is 6.30. The Bertz CT molecular complexity index is 962. The van der Waals surface area contributed by atoms with Gasteiger partial charge in [-0.1, -0.05) is 45.9 Å². The Morgan fingerprint density at radius 3 is 2.29 bits per heavy atom. The van der Waals surface area contributed by atoms with Crippen LogP contribution in [0.1, 0.15) is 50.8 Å². The number of nitrogens with zero attached hydrogens (tertiary/aromatic N) is 1. The molecule has 0 aliphatic carbocycles. The molecular formula is C25H32N2O4. The van der Waals surface area contributed by atoms with Crippen LogP contribution in [0.3, 0.4) is 0 Å². The minimum Gasteiger partial charge on any atom is -0.496 e. The monoisotopic (exact) mass is 424 g/mol. The van der Waals surface area contributed by atoms with Crippen molar-refractivity contribution in [3.8, 4) is 11.5 Å². The van der Waals surface area contributed by atoms with E-state index in [1.54, 1.807) is 7.11 Å². The lowest BCUT2D eigenvalue weighted by molar-refractivity contribution is -0.132. The molecule has 2 aromatic rings. The van der Waals surface area contributed by atoms with Gasteiger partial charge in [-0.05, 0) is 59.7 Å². The Hall–Kier alpha value is -3.02. The number of hydrogen-bond donors (Lipinski definition) is 1. The van der Waals surface area contributed by atoms with E-state index in [1.807, 2.05) is 56.3 Å². The maximum absolute atomic E-state index is 13.3. The van der Waals surface area contributed by atoms with Crippen LogP contribution >= 0.6 is 0 Å². The van der Waals surface area contributed by atoms with Gasteiger partial charge in [0.05, 0.1) is 13.7 Å². The van der Waals surface area contributed by atoms with E-state index >= 15 is 0 Å². The summed E-state index contributed by atoms with van der Waals surface area (Å²) in [6.07, 6.45) is 0.453. The summed E-state index contributed by atoms with van der Waals surface area (Å²) >= 11 is 0. The molecule has 1 fully saturated rings. The minimum absolute atomic E-state index is 0.0713. The van der Waals surface area contributed by atoms with Crippen molar-refractivity contribution < 1.29 is 19.1 Å². The molecule has 1 aliphatic rings. The second kappa shape index (κ2) is 8.61. The molecule has 2 aromatic carbocycles. The molecule has 6 heteroatoms. The van der Waals surface area contributed by atoms with E-state index in [4.69, 9.17) is 9.47 Å². The molecule has 3 amide bonds. The van der Waals surface area contributed by atoms with Gasteiger partial charge in [-0.3, -0.25) is 9.69 Å². The van der Waals surface area contributed by atoms with Gasteiger partial charge in [0.2, 0.25) is 0 Å². The van der Waals surface area contributed by atoms with Gasteiger partial charge in [-0.2, -0.15) is 0 Å². The normalized spacial score (nSPS) is 18.8. The number of methoxy groups -OCH3 is 1. The van der Waals surface area contributed by atoms with Gasteiger partial charge in [0, 0.05) is 0 Å². The standard InChI is InChI=1S/C25H32N2O4/c1-7-25(19-10-13-21(30-6)17(2)16-19)22(28)27(23(29)26-25)14-15-31-20-11-8-18(9-12-20)24(3,4)5/h8-13,16H,7,14-15H2,1-6H3,(H,26,29). The summed E-state index contributed by atoms with van der Waals surface area (Å²) in [5.41, 5.74) is 1.89. The van der Waals surface area contributed by atoms with E-state index in [0.29, 0.717) is 12.2 Å². The van der Waals surface area contributed by atoms with E-state index in [2.05, 4.69) is 26.1 Å². The van der Waals surface area contributed by atoms with Crippen molar-refractivity contribution in [2.45, 2.75) is 52.0 Å². The molecule has 31 heavy (non-hydrogen) atoms. The van der Waals surface area contributed by atoms with Gasteiger partial charge in [0.15, 0.2) is 0 Å². The van der Waals surface area contributed by atoms with Crippen LogP contribution in [0.2, 0.25) is 0 Å². The number of ether oxygens (including phenoxy) is 2. The molecule has 1 aliphatic heterocycles. The highest BCUT2D eigenvalue weighted by Gasteiger charge is 2.51. The topological polar surface area (TPSA) is 67.9 Å². The van der Waals surface area contributed by atoms with Crippen molar-refractivity contribution in [3.05, 3.63) is 59.2 Å². The zero-order valence-corrected chi connectivity index (χ0v) is 19.2. The Balaban J connectivity index is 1.70. The molecular weight excluding hydrogens is 392 g/mol. The molecule has 3 rings (SSSR count). The van der Waals surface area contributed by atoms with Crippen molar-refractivity contribution in [1.29, 1.82) is 0 Å². The number of aryl methyl sites for hydroxylation is 1. The first-order valence-corrected chi connectivity index (χ1v) is 10.6. The summed E-state index contributed by atoms with van der Waals surface area (Å²) in [7, 11) is 1.61. The number of urea groups is 1. The predicted octanol–water partition coefficient (Wildman–Crippen LogP) is 4.54. The Morgan fingerprint density at radius 2 is 1.74 bits per heavy atom. The highest BCUT2D eigenvalue weighted by atomic mass is 16.5. The van der Waals surface area contributed by atoms with Gasteiger partial charge >= 0.3 is 6.03 Å². The van der Waals surface area contributed by atoms with Crippen LogP contribution in [-0.2, 0) is 15.7 Å². The number of amides is 3. The third-order valence-electron chi connectivity index (χ3n) is 5.90. The smallest absolute Gasteiger partial charge is 0.325 e. The number of benzene rings is 2. The van der Waals surface area contributed by atoms with Gasteiger partial charge < -0.3 is 14.8 Å². The van der Waals surface area contributed by atoms with E-state index in [0.717, 1.165) is 16.9 Å². The van der Waals surface area contributed by atoms with Gasteiger partial charge in [-0.25, -0.2) is 4.79 Å². The van der Waals surface area contributed by atoms with E-state index < -0.39 is 11.6 Å². The van der Waals surface area contributed by atoms with Crippen LogP contribution in [-0.4, -0.2) is 37.1 Å². The number of nitrogens with one attached hydrogen (secondary N) is 1. The van der Waals surface area contributed by atoms with E-state index in [9.17, 15) is 9.59 Å². The quantitative estimate of drug-likeness (QED) is 0.663. The van der Waals surface area contributed by atoms with Gasteiger partial charge in [0.1, 0.15) is 23.6 Å². The predicted molar refractivity (Wildman–Crippen MR) is 121 cm³/mol. The van der Waals surface area contributed by atoms with Crippen molar-refractivity contribution in [1.82, 2.24) is 10.2 Å². The van der Waals surface area contributed by atoms with Crippen molar-refractivity contribution in [2.24, 2.45) is 0 Å². The van der Waals surface area contributed by atoms with Gasteiger partial charge in [-0.15, -0.1) is 0 Å². The lowest BCUT2D eigenvalue weighted by Crippen LogP contribution is -2.43. The maximum Gasteiger partial charge on any atom is 0.325 e. The van der Waals surface area contributed by atoms with Crippen LogP contribution in [0.4, 0.5) is 4.79 Å². The van der Waals surface area contributed by atoms with E-state index in [-0.39, 0.29) is 24.5 Å². The average molecular weight is 425 g/mol. The molecule has 1 atom stereocenters. The fraction of sp³-hybridized carbons (Fsp3) is 0.440. The molecule has 1 saturated heterocycles. The summed E-state index contributed by atoms with van der Waals surface area (Å²) in [4.78, 5) is 27.2. The summed E-state index contributed by atoms with van der Waals surface area (Å²) in [5.74, 6) is 1.21. The van der Waals surface area contributed by atoms with Gasteiger partial charge in [0.25, 0.3) is 5.91 Å². The lowest BCUT2D eigenvalue weighted by Gasteiger charge is -2.26. The molecule has 1 unspecified atom stereocenters. The zero-order chi connectivity index (χ0) is 22.8. The summed E-state index contributed by atoms with van der Waals surface area (Å²) < 4.78 is 11.1. The molecule has 0 radical (unpaired) electrons. The molecule has 0 spiro atoms. The first-order valence-electron chi connectivity index (χ1n) is 10.6. The summed E-state index contributed by atoms with van der Waals surface area (Å²) in [5, 5.41) is 2.91. The van der Waals surface area contributed by atoms with Crippen molar-refractivity contribution >= 4 is 11.9 Å². The fourth-order valence-electron chi connectivity index (χ4n) is 3.92. The summed E-state index contributed by atoms with van der Waals surface area (Å²) in [6, 6.07) is 13.1. The lowest BCUT2D eigenvalue weighted by atomic mass is 9.86. The Labute approximate surface area is 184 Å². The highest BCUT2D eigenvalue weighted by Crippen LogP contribution is 2.34. The van der Waals surface area contributed by atoms with Crippen molar-refractivity contribution in [2.75, 3.05) is 20.3 Å². The fourth-order valence-corrected chi connectivity index (χ4v) is 3.92. The van der Waals surface area contributed by atoms with Crippen LogP contribution < -0.4 is 14.8 Å². The number of rotatable bonds is 7. The number of carbonyl (C=O) groups is 2. The second-order valence-corrected chi connectivity index (χ2v) is 8.95. The number of hydrogen-bond acceptors (Lipinski definition) is 4. The first-order chi connectivity index (χ1) is 14.6. The average Bonchev–Trinajstić information content (AvgIpc) is 2.98. The molecule has 1 heterocycles. The van der Waals surface area contributed by atoms with Crippen LogP contribution in [0, 0.1) is 6.92 Å². The van der Waals surface area contributed by atoms with Crippen molar-refractivity contribution in [3.63, 3.8) is 0 Å². The maximum atomic E-state index is 13.3. The van der Waals surface area contributed by atoms with Crippen LogP contribution in [0.5, 0.6) is 11.5 Å². The largest absolute Gasteiger partial charge is 0.496 e. The van der Waals surface area contributed by atoms with Crippen LogP contribution in [0.15, 0.2) is 42.5 Å². The first kappa shape index (κ1) is 22.7.